The van der Waals surface area contributed by atoms with E-state index in [0.717, 1.165) is 11.3 Å². The van der Waals surface area contributed by atoms with Gasteiger partial charge in [0, 0.05) is 64.5 Å². The van der Waals surface area contributed by atoms with Gasteiger partial charge < -0.3 is 46.3 Å². The summed E-state index contributed by atoms with van der Waals surface area (Å²) in [6.45, 7) is 10.7. The summed E-state index contributed by atoms with van der Waals surface area (Å²) < 4.78 is 9.89. The third-order valence-electron chi connectivity index (χ3n) is 7.59. The first-order valence-corrected chi connectivity index (χ1v) is 18.3. The highest BCUT2D eigenvalue weighted by atomic mass is 16.6. The number of anilines is 1. The highest BCUT2D eigenvalue weighted by molar-refractivity contribution is 6.12. The standard InChI is InChI=1S/C31H44N6O9.C4H10N2O.C2H6/c1-21(2)28(34-24(38)9-7-6-8-16-37-26(40)14-15-27(37)41)29(42)32-19-25(39)33-23-12-10-22(11-13-23)20-46-31(44)36(4)18-17-35(3)30(43)45-5;1-2-3-6-4(5)7;1-2/h10-15,21,28H,6-9,16-20H2,1-5H3,(H,32,42)(H,33,39)(H,34,38);2-3H2,1H3,(H3,5,6,7);1-2H3. The summed E-state index contributed by atoms with van der Waals surface area (Å²) in [5, 5.41) is 10.4. The van der Waals surface area contributed by atoms with E-state index in [2.05, 4.69) is 26.0 Å². The van der Waals surface area contributed by atoms with E-state index in [-0.39, 0.29) is 56.3 Å². The Morgan fingerprint density at radius 3 is 1.93 bits per heavy atom. The Kier molecular flexibility index (Phi) is 25.0. The maximum Gasteiger partial charge on any atom is 0.409 e. The monoisotopic (exact) mass is 776 g/mol. The van der Waals surface area contributed by atoms with Gasteiger partial charge in [-0.2, -0.15) is 0 Å². The van der Waals surface area contributed by atoms with Crippen molar-refractivity contribution in [2.24, 2.45) is 11.7 Å². The average molecular weight is 777 g/mol. The number of nitrogens with zero attached hydrogens (tertiary/aromatic N) is 3. The van der Waals surface area contributed by atoms with Crippen molar-refractivity contribution < 1.29 is 47.8 Å². The van der Waals surface area contributed by atoms with Gasteiger partial charge in [-0.15, -0.1) is 0 Å². The molecule has 1 aliphatic rings. The minimum Gasteiger partial charge on any atom is -0.453 e. The van der Waals surface area contributed by atoms with Crippen LogP contribution in [0, 0.1) is 5.92 Å². The van der Waals surface area contributed by atoms with Crippen LogP contribution in [0.15, 0.2) is 36.4 Å². The van der Waals surface area contributed by atoms with E-state index >= 15 is 0 Å². The van der Waals surface area contributed by atoms with Gasteiger partial charge in [0.2, 0.25) is 17.7 Å². The largest absolute Gasteiger partial charge is 0.453 e. The Morgan fingerprint density at radius 1 is 0.836 bits per heavy atom. The highest BCUT2D eigenvalue weighted by Gasteiger charge is 2.25. The summed E-state index contributed by atoms with van der Waals surface area (Å²) in [4.78, 5) is 98.1. The third kappa shape index (κ3) is 21.0. The summed E-state index contributed by atoms with van der Waals surface area (Å²) in [5.74, 6) is -2.16. The van der Waals surface area contributed by atoms with Crippen molar-refractivity contribution in [2.45, 2.75) is 79.4 Å². The zero-order valence-corrected chi connectivity index (χ0v) is 33.4. The highest BCUT2D eigenvalue weighted by Crippen LogP contribution is 2.12. The van der Waals surface area contributed by atoms with Crippen LogP contribution in [0.1, 0.15) is 72.3 Å². The summed E-state index contributed by atoms with van der Waals surface area (Å²) in [6, 6.07) is 5.35. The molecule has 2 rings (SSSR count). The van der Waals surface area contributed by atoms with Crippen molar-refractivity contribution in [3.8, 4) is 0 Å². The molecule has 1 aliphatic heterocycles. The molecule has 0 saturated carbocycles. The van der Waals surface area contributed by atoms with Gasteiger partial charge in [0.05, 0.1) is 13.7 Å². The van der Waals surface area contributed by atoms with Gasteiger partial charge in [-0.3, -0.25) is 28.9 Å². The minimum absolute atomic E-state index is 0.000937. The number of likely N-dealkylation sites (N-methyl/N-ethyl adjacent to an activating group) is 2. The molecule has 6 N–H and O–H groups in total. The van der Waals surface area contributed by atoms with Crippen LogP contribution >= 0.6 is 0 Å². The molecule has 0 spiro atoms. The number of nitrogens with one attached hydrogen (secondary N) is 4. The molecule has 18 heteroatoms. The predicted octanol–water partition coefficient (Wildman–Crippen LogP) is 2.73. The summed E-state index contributed by atoms with van der Waals surface area (Å²) >= 11 is 0. The molecule has 0 saturated heterocycles. The van der Waals surface area contributed by atoms with Crippen LogP contribution in [0.3, 0.4) is 0 Å². The molecule has 1 aromatic rings. The lowest BCUT2D eigenvalue weighted by Crippen LogP contribution is -2.51. The Morgan fingerprint density at radius 2 is 1.42 bits per heavy atom. The number of hydrogen-bond acceptors (Lipinski definition) is 10. The van der Waals surface area contributed by atoms with E-state index < -0.39 is 36.1 Å². The molecule has 308 valence electrons. The number of unbranched alkanes of at least 4 members (excludes halogenated alkanes) is 2. The quantitative estimate of drug-likeness (QED) is 0.102. The fourth-order valence-corrected chi connectivity index (χ4v) is 4.47. The zero-order valence-electron chi connectivity index (χ0n) is 33.4. The topological polar surface area (TPSA) is 239 Å². The van der Waals surface area contributed by atoms with Crippen molar-refractivity contribution in [2.75, 3.05) is 59.2 Å². The fraction of sp³-hybridized carbons (Fsp3) is 0.568. The number of amides is 9. The van der Waals surface area contributed by atoms with Crippen molar-refractivity contribution >= 4 is 53.4 Å². The predicted molar refractivity (Wildman–Crippen MR) is 206 cm³/mol. The van der Waals surface area contributed by atoms with Crippen LogP contribution in [0.4, 0.5) is 20.1 Å². The number of imide groups is 1. The van der Waals surface area contributed by atoms with E-state index in [1.165, 1.54) is 29.1 Å². The molecule has 1 aromatic carbocycles. The van der Waals surface area contributed by atoms with E-state index in [9.17, 15) is 38.4 Å². The van der Waals surface area contributed by atoms with E-state index in [1.54, 1.807) is 52.2 Å². The van der Waals surface area contributed by atoms with Gasteiger partial charge in [0.25, 0.3) is 11.8 Å². The second kappa shape index (κ2) is 27.9. The van der Waals surface area contributed by atoms with Crippen LogP contribution in [-0.2, 0) is 40.1 Å². The molecule has 55 heavy (non-hydrogen) atoms. The summed E-state index contributed by atoms with van der Waals surface area (Å²) in [7, 11) is 4.38. The molecular weight excluding hydrogens is 716 g/mol. The van der Waals surface area contributed by atoms with Gasteiger partial charge in [-0.1, -0.05) is 53.2 Å². The molecule has 0 bridgehead atoms. The van der Waals surface area contributed by atoms with Crippen LogP contribution in [0.5, 0.6) is 0 Å². The number of carbonyl (C=O) groups is 8. The molecule has 0 aromatic heterocycles. The van der Waals surface area contributed by atoms with Crippen molar-refractivity contribution in [1.82, 2.24) is 30.7 Å². The first-order valence-electron chi connectivity index (χ1n) is 18.3. The SMILES string of the molecule is CC.CCCNC(N)=O.COC(=O)N(C)CCN(C)C(=O)OCc1ccc(NC(=O)CNC(=O)C(NC(=O)CCCCCN2C(=O)C=CC2=O)C(C)C)cc1. The van der Waals surface area contributed by atoms with Crippen molar-refractivity contribution in [3.63, 3.8) is 0 Å². The Balaban J connectivity index is 0.00000290. The number of carbonyl (C=O) groups excluding carboxylic acids is 8. The molecule has 0 aliphatic carbocycles. The Labute approximate surface area is 323 Å². The Hall–Kier alpha value is -5.68. The van der Waals surface area contributed by atoms with E-state index in [0.29, 0.717) is 43.6 Å². The number of benzene rings is 1. The van der Waals surface area contributed by atoms with Crippen molar-refractivity contribution in [1.29, 1.82) is 0 Å². The van der Waals surface area contributed by atoms with Gasteiger partial charge in [-0.25, -0.2) is 14.4 Å². The molecule has 0 fully saturated rings. The van der Waals surface area contributed by atoms with Gasteiger partial charge in [0.15, 0.2) is 0 Å². The molecule has 1 unspecified atom stereocenters. The molecule has 18 nitrogen and oxygen atoms in total. The first-order chi connectivity index (χ1) is 26.1. The van der Waals surface area contributed by atoms with Crippen LogP contribution in [-0.4, -0.2) is 122 Å². The fourth-order valence-electron chi connectivity index (χ4n) is 4.47. The number of ether oxygens (including phenoxy) is 2. The maximum absolute atomic E-state index is 12.8. The maximum atomic E-state index is 12.8. The minimum atomic E-state index is -0.832. The lowest BCUT2D eigenvalue weighted by Gasteiger charge is -2.21. The zero-order chi connectivity index (χ0) is 41.9. The number of nitrogens with two attached hydrogens (primary N) is 1. The first kappa shape index (κ1) is 49.3. The average Bonchev–Trinajstić information content (AvgIpc) is 3.49. The normalized spacial score (nSPS) is 11.9. The number of rotatable bonds is 19. The van der Waals surface area contributed by atoms with Crippen molar-refractivity contribution in [3.05, 3.63) is 42.0 Å². The molecule has 0 radical (unpaired) electrons. The summed E-state index contributed by atoms with van der Waals surface area (Å²) in [5.41, 5.74) is 5.89. The molecule has 1 heterocycles. The summed E-state index contributed by atoms with van der Waals surface area (Å²) in [6.07, 6.45) is 4.23. The smallest absolute Gasteiger partial charge is 0.409 e. The lowest BCUT2D eigenvalue weighted by molar-refractivity contribution is -0.137. The van der Waals surface area contributed by atoms with Gasteiger partial charge in [0.1, 0.15) is 12.6 Å². The van der Waals surface area contributed by atoms with E-state index in [4.69, 9.17) is 10.5 Å². The second-order valence-electron chi connectivity index (χ2n) is 12.4. The number of hydrogen-bond donors (Lipinski definition) is 5. The van der Waals surface area contributed by atoms with Gasteiger partial charge >= 0.3 is 18.2 Å². The Bertz CT molecular complexity index is 1420. The number of methoxy groups -OCH3 is 1. The lowest BCUT2D eigenvalue weighted by atomic mass is 10.0. The second-order valence-corrected chi connectivity index (χ2v) is 12.4. The number of urea groups is 1. The van der Waals surface area contributed by atoms with Crippen LogP contribution in [0.2, 0.25) is 0 Å². The van der Waals surface area contributed by atoms with Crippen LogP contribution in [0.25, 0.3) is 0 Å². The molecule has 1 atom stereocenters. The third-order valence-corrected chi connectivity index (χ3v) is 7.59. The van der Waals surface area contributed by atoms with E-state index in [1.807, 2.05) is 20.8 Å². The number of primary amides is 1. The molecular formula is C37H60N8O10. The molecule has 9 amide bonds. The van der Waals surface area contributed by atoms with Crippen LogP contribution < -0.4 is 27.0 Å². The van der Waals surface area contributed by atoms with Gasteiger partial charge in [-0.05, 0) is 42.9 Å².